The van der Waals surface area contributed by atoms with Crippen LogP contribution in [0.2, 0.25) is 0 Å². The Morgan fingerprint density at radius 3 is 2.58 bits per heavy atom. The lowest BCUT2D eigenvalue weighted by Gasteiger charge is -2.10. The third kappa shape index (κ3) is 4.87. The van der Waals surface area contributed by atoms with Crippen LogP contribution < -0.4 is 16.6 Å². The summed E-state index contributed by atoms with van der Waals surface area (Å²) in [5, 5.41) is 3.28. The second-order valence-electron chi connectivity index (χ2n) is 4.60. The number of hydrogen-bond acceptors (Lipinski definition) is 4. The molecule has 0 spiro atoms. The summed E-state index contributed by atoms with van der Waals surface area (Å²) >= 11 is 1.87. The molecule has 1 aromatic rings. The number of nitrogens with zero attached hydrogens (tertiary/aromatic N) is 2. The molecule has 0 atom stereocenters. The van der Waals surface area contributed by atoms with E-state index in [4.69, 9.17) is 0 Å². The van der Waals surface area contributed by atoms with Gasteiger partial charge in [0.15, 0.2) is 0 Å². The van der Waals surface area contributed by atoms with Gasteiger partial charge in [-0.25, -0.2) is 4.79 Å². The van der Waals surface area contributed by atoms with Crippen molar-refractivity contribution in [2.75, 3.05) is 18.6 Å². The number of aromatic nitrogens is 2. The lowest BCUT2D eigenvalue weighted by Crippen LogP contribution is -2.39. The molecule has 19 heavy (non-hydrogen) atoms. The summed E-state index contributed by atoms with van der Waals surface area (Å²) < 4.78 is 2.63. The molecular weight excluding hydrogens is 262 g/mol. The fourth-order valence-electron chi connectivity index (χ4n) is 1.84. The van der Waals surface area contributed by atoms with Crippen molar-refractivity contribution in [1.82, 2.24) is 14.5 Å². The number of rotatable bonds is 8. The molecule has 0 saturated carbocycles. The molecule has 0 aliphatic carbocycles. The molecule has 0 unspecified atom stereocenters. The Labute approximate surface area is 118 Å². The van der Waals surface area contributed by atoms with Gasteiger partial charge in [-0.15, -0.1) is 0 Å². The molecule has 0 aliphatic heterocycles. The molecule has 6 heteroatoms. The van der Waals surface area contributed by atoms with E-state index in [1.165, 1.54) is 36.3 Å². The van der Waals surface area contributed by atoms with Crippen LogP contribution in [0.15, 0.2) is 15.7 Å². The zero-order valence-corrected chi connectivity index (χ0v) is 12.8. The molecule has 1 aromatic heterocycles. The van der Waals surface area contributed by atoms with Crippen LogP contribution in [-0.4, -0.2) is 27.7 Å². The SMILES string of the molecule is CSCCCCCNCc1cc(=O)n(C)c(=O)n1C. The topological polar surface area (TPSA) is 56.0 Å². The molecule has 1 heterocycles. The summed E-state index contributed by atoms with van der Waals surface area (Å²) in [5.41, 5.74) is 0.210. The minimum Gasteiger partial charge on any atom is -0.311 e. The first-order valence-electron chi connectivity index (χ1n) is 6.53. The minimum absolute atomic E-state index is 0.250. The number of unbranched alkanes of at least 4 members (excludes halogenated alkanes) is 2. The van der Waals surface area contributed by atoms with Gasteiger partial charge in [0.1, 0.15) is 0 Å². The van der Waals surface area contributed by atoms with Crippen LogP contribution in [0, 0.1) is 0 Å². The summed E-state index contributed by atoms with van der Waals surface area (Å²) in [5.74, 6) is 1.21. The van der Waals surface area contributed by atoms with E-state index >= 15 is 0 Å². The first kappa shape index (κ1) is 16.0. The number of thioether (sulfide) groups is 1. The van der Waals surface area contributed by atoms with Gasteiger partial charge in [0.25, 0.3) is 5.56 Å². The highest BCUT2D eigenvalue weighted by atomic mass is 32.2. The maximum Gasteiger partial charge on any atom is 0.330 e. The second-order valence-corrected chi connectivity index (χ2v) is 5.59. The molecule has 1 N–H and O–H groups in total. The van der Waals surface area contributed by atoms with Crippen LogP contribution in [0.3, 0.4) is 0 Å². The largest absolute Gasteiger partial charge is 0.330 e. The van der Waals surface area contributed by atoms with Gasteiger partial charge in [0.05, 0.1) is 0 Å². The molecule has 5 nitrogen and oxygen atoms in total. The first-order valence-corrected chi connectivity index (χ1v) is 7.93. The normalized spacial score (nSPS) is 10.9. The molecule has 0 aromatic carbocycles. The van der Waals surface area contributed by atoms with Gasteiger partial charge < -0.3 is 5.32 Å². The number of nitrogens with one attached hydrogen (secondary N) is 1. The molecule has 0 amide bonds. The molecule has 0 bridgehead atoms. The molecule has 108 valence electrons. The van der Waals surface area contributed by atoms with Crippen molar-refractivity contribution >= 4 is 11.8 Å². The van der Waals surface area contributed by atoms with Crippen LogP contribution in [0.5, 0.6) is 0 Å². The molecule has 0 saturated heterocycles. The second kappa shape index (κ2) is 8.22. The van der Waals surface area contributed by atoms with E-state index in [2.05, 4.69) is 11.6 Å². The summed E-state index contributed by atoms with van der Waals surface area (Å²) in [4.78, 5) is 23.3. The first-order chi connectivity index (χ1) is 9.07. The zero-order chi connectivity index (χ0) is 14.3. The van der Waals surface area contributed by atoms with Crippen LogP contribution in [0.1, 0.15) is 25.0 Å². The van der Waals surface area contributed by atoms with Crippen molar-refractivity contribution in [3.05, 3.63) is 32.6 Å². The number of hydrogen-bond donors (Lipinski definition) is 1. The van der Waals surface area contributed by atoms with Gasteiger partial charge in [0.2, 0.25) is 0 Å². The van der Waals surface area contributed by atoms with E-state index in [1.807, 2.05) is 11.8 Å². The fraction of sp³-hybridized carbons (Fsp3) is 0.692. The summed E-state index contributed by atoms with van der Waals surface area (Å²) in [7, 11) is 3.19. The average Bonchev–Trinajstić information content (AvgIpc) is 2.41. The summed E-state index contributed by atoms with van der Waals surface area (Å²) in [6, 6.07) is 1.52. The van der Waals surface area contributed by atoms with E-state index < -0.39 is 0 Å². The van der Waals surface area contributed by atoms with E-state index in [0.717, 1.165) is 23.2 Å². The standard InChI is InChI=1S/C13H23N3O2S/c1-15-11(9-12(17)16(2)13(15)18)10-14-7-5-4-6-8-19-3/h9,14H,4-8,10H2,1-3H3. The van der Waals surface area contributed by atoms with E-state index in [-0.39, 0.29) is 11.2 Å². The van der Waals surface area contributed by atoms with Crippen LogP contribution >= 0.6 is 11.8 Å². The fourth-order valence-corrected chi connectivity index (χ4v) is 2.33. The van der Waals surface area contributed by atoms with Gasteiger partial charge in [-0.3, -0.25) is 13.9 Å². The van der Waals surface area contributed by atoms with Crippen molar-refractivity contribution < 1.29 is 0 Å². The Morgan fingerprint density at radius 1 is 1.16 bits per heavy atom. The maximum absolute atomic E-state index is 11.7. The molecule has 0 fully saturated rings. The molecule has 0 aliphatic rings. The third-order valence-electron chi connectivity index (χ3n) is 3.13. The minimum atomic E-state index is -0.274. The Kier molecular flexibility index (Phi) is 6.94. The third-order valence-corrected chi connectivity index (χ3v) is 3.83. The Hall–Kier alpha value is -1.01. The van der Waals surface area contributed by atoms with E-state index in [1.54, 1.807) is 7.05 Å². The van der Waals surface area contributed by atoms with Gasteiger partial charge in [-0.05, 0) is 31.4 Å². The highest BCUT2D eigenvalue weighted by Gasteiger charge is 2.04. The average molecular weight is 285 g/mol. The van der Waals surface area contributed by atoms with Crippen molar-refractivity contribution in [2.45, 2.75) is 25.8 Å². The zero-order valence-electron chi connectivity index (χ0n) is 11.9. The summed E-state index contributed by atoms with van der Waals surface area (Å²) in [6.07, 6.45) is 5.70. The monoisotopic (exact) mass is 285 g/mol. The highest BCUT2D eigenvalue weighted by molar-refractivity contribution is 7.98. The molecular formula is C13H23N3O2S. The maximum atomic E-state index is 11.7. The predicted octanol–water partition coefficient (Wildman–Crippen LogP) is 0.707. The summed E-state index contributed by atoms with van der Waals surface area (Å²) in [6.45, 7) is 1.47. The van der Waals surface area contributed by atoms with Crippen LogP contribution in [0.25, 0.3) is 0 Å². The van der Waals surface area contributed by atoms with Crippen LogP contribution in [-0.2, 0) is 20.6 Å². The van der Waals surface area contributed by atoms with Crippen molar-refractivity contribution in [3.8, 4) is 0 Å². The molecule has 1 rings (SSSR count). The Balaban J connectivity index is 2.42. The van der Waals surface area contributed by atoms with Gasteiger partial charge in [0, 0.05) is 32.4 Å². The predicted molar refractivity (Wildman–Crippen MR) is 80.9 cm³/mol. The van der Waals surface area contributed by atoms with E-state index in [0.29, 0.717) is 6.54 Å². The van der Waals surface area contributed by atoms with Gasteiger partial charge >= 0.3 is 5.69 Å². The lowest BCUT2D eigenvalue weighted by atomic mass is 10.2. The van der Waals surface area contributed by atoms with Crippen molar-refractivity contribution in [3.63, 3.8) is 0 Å². The van der Waals surface area contributed by atoms with Gasteiger partial charge in [-0.1, -0.05) is 6.42 Å². The highest BCUT2D eigenvalue weighted by Crippen LogP contribution is 2.01. The Bertz CT molecular complexity index is 508. The van der Waals surface area contributed by atoms with E-state index in [9.17, 15) is 9.59 Å². The van der Waals surface area contributed by atoms with Crippen molar-refractivity contribution in [1.29, 1.82) is 0 Å². The molecule has 0 radical (unpaired) electrons. The Morgan fingerprint density at radius 2 is 1.89 bits per heavy atom. The quantitative estimate of drug-likeness (QED) is 0.715. The van der Waals surface area contributed by atoms with Crippen LogP contribution in [0.4, 0.5) is 0 Å². The van der Waals surface area contributed by atoms with Gasteiger partial charge in [-0.2, -0.15) is 11.8 Å². The lowest BCUT2D eigenvalue weighted by molar-refractivity contribution is 0.577. The van der Waals surface area contributed by atoms with Crippen molar-refractivity contribution in [2.24, 2.45) is 14.1 Å². The smallest absolute Gasteiger partial charge is 0.311 e.